The zero-order chi connectivity index (χ0) is 14.9. The van der Waals surface area contributed by atoms with E-state index in [0.717, 1.165) is 20.3 Å². The molecule has 0 unspecified atom stereocenters. The fraction of sp³-hybridized carbons (Fsp3) is 0.200. The van der Waals surface area contributed by atoms with Crippen LogP contribution in [0.1, 0.15) is 5.56 Å². The van der Waals surface area contributed by atoms with E-state index in [0.29, 0.717) is 10.6 Å². The number of methoxy groups -OCH3 is 1. The van der Waals surface area contributed by atoms with Gasteiger partial charge in [-0.25, -0.2) is 8.42 Å². The molecule has 0 amide bonds. The number of halogens is 1. The van der Waals surface area contributed by atoms with Crippen molar-refractivity contribution in [3.8, 4) is 16.9 Å². The lowest BCUT2D eigenvalue weighted by Crippen LogP contribution is -2.03. The van der Waals surface area contributed by atoms with Crippen LogP contribution in [0.2, 0.25) is 0 Å². The Hall–Kier alpha value is -1.08. The van der Waals surface area contributed by atoms with Crippen molar-refractivity contribution in [3.05, 3.63) is 45.5 Å². The lowest BCUT2D eigenvalue weighted by atomic mass is 10.00. The molecule has 2 aromatic rings. The van der Waals surface area contributed by atoms with Crippen LogP contribution in [-0.4, -0.2) is 21.8 Å². The molecule has 0 aromatic heterocycles. The summed E-state index contributed by atoms with van der Waals surface area (Å²) in [6, 6.07) is 10.9. The van der Waals surface area contributed by atoms with E-state index >= 15 is 0 Å². The van der Waals surface area contributed by atoms with E-state index < -0.39 is 9.84 Å². The third-order valence-corrected chi connectivity index (χ3v) is 5.44. The first-order chi connectivity index (χ1) is 9.36. The molecule has 0 bridgehead atoms. The Morgan fingerprint density at radius 1 is 1.10 bits per heavy atom. The van der Waals surface area contributed by atoms with Crippen LogP contribution in [0.15, 0.2) is 41.3 Å². The molecular formula is C15H15IO3S. The quantitative estimate of drug-likeness (QED) is 0.736. The van der Waals surface area contributed by atoms with Crippen molar-refractivity contribution in [1.29, 1.82) is 0 Å². The molecule has 0 spiro atoms. The first-order valence-corrected chi connectivity index (χ1v) is 8.96. The lowest BCUT2D eigenvalue weighted by molar-refractivity contribution is 0.416. The molecule has 0 N–H and O–H groups in total. The number of benzene rings is 2. The first kappa shape index (κ1) is 15.3. The van der Waals surface area contributed by atoms with Gasteiger partial charge in [0.1, 0.15) is 5.75 Å². The summed E-state index contributed by atoms with van der Waals surface area (Å²) >= 11 is 2.21. The molecule has 2 aromatic carbocycles. The smallest absolute Gasteiger partial charge is 0.176 e. The minimum atomic E-state index is -3.30. The fourth-order valence-electron chi connectivity index (χ4n) is 2.16. The highest BCUT2D eigenvalue weighted by Gasteiger charge is 2.20. The Labute approximate surface area is 133 Å². The van der Waals surface area contributed by atoms with Crippen molar-refractivity contribution in [2.45, 2.75) is 11.8 Å². The summed E-state index contributed by atoms with van der Waals surface area (Å²) in [6.45, 7) is 1.93. The van der Waals surface area contributed by atoms with Crippen LogP contribution in [0.4, 0.5) is 0 Å². The third-order valence-electron chi connectivity index (χ3n) is 3.14. The van der Waals surface area contributed by atoms with Gasteiger partial charge < -0.3 is 4.74 Å². The van der Waals surface area contributed by atoms with Gasteiger partial charge in [-0.2, -0.15) is 0 Å². The van der Waals surface area contributed by atoms with Gasteiger partial charge in [0.2, 0.25) is 0 Å². The van der Waals surface area contributed by atoms with E-state index in [1.807, 2.05) is 37.3 Å². The number of para-hydroxylation sites is 1. The zero-order valence-electron chi connectivity index (χ0n) is 11.5. The van der Waals surface area contributed by atoms with Crippen molar-refractivity contribution in [2.75, 3.05) is 13.4 Å². The van der Waals surface area contributed by atoms with Crippen LogP contribution in [0.25, 0.3) is 11.1 Å². The summed E-state index contributed by atoms with van der Waals surface area (Å²) in [5.74, 6) is 0.669. The van der Waals surface area contributed by atoms with Gasteiger partial charge in [-0.1, -0.05) is 18.2 Å². The van der Waals surface area contributed by atoms with Crippen molar-refractivity contribution >= 4 is 32.4 Å². The van der Waals surface area contributed by atoms with Gasteiger partial charge in [-0.15, -0.1) is 0 Å². The van der Waals surface area contributed by atoms with Gasteiger partial charge in [0.15, 0.2) is 9.84 Å². The Kier molecular flexibility index (Phi) is 4.39. The summed E-state index contributed by atoms with van der Waals surface area (Å²) in [7, 11) is -1.72. The van der Waals surface area contributed by atoms with E-state index in [9.17, 15) is 8.42 Å². The predicted molar refractivity (Wildman–Crippen MR) is 89.0 cm³/mol. The van der Waals surface area contributed by atoms with E-state index in [1.165, 1.54) is 6.26 Å². The molecule has 106 valence electrons. The largest absolute Gasteiger partial charge is 0.496 e. The van der Waals surface area contributed by atoms with Crippen LogP contribution < -0.4 is 4.74 Å². The second-order valence-electron chi connectivity index (χ2n) is 4.52. The summed E-state index contributed by atoms with van der Waals surface area (Å²) in [5.41, 5.74) is 2.46. The van der Waals surface area contributed by atoms with Crippen LogP contribution >= 0.6 is 22.6 Å². The van der Waals surface area contributed by atoms with Gasteiger partial charge in [0.25, 0.3) is 0 Å². The first-order valence-electron chi connectivity index (χ1n) is 5.99. The minimum Gasteiger partial charge on any atom is -0.496 e. The van der Waals surface area contributed by atoms with Crippen molar-refractivity contribution in [1.82, 2.24) is 0 Å². The average molecular weight is 402 g/mol. The maximum Gasteiger partial charge on any atom is 0.176 e. The number of hydrogen-bond donors (Lipinski definition) is 0. The molecule has 0 atom stereocenters. The molecule has 2 rings (SSSR count). The monoisotopic (exact) mass is 402 g/mol. The van der Waals surface area contributed by atoms with Gasteiger partial charge in [0.05, 0.1) is 12.0 Å². The highest BCUT2D eigenvalue weighted by Crippen LogP contribution is 2.38. The Balaban J connectivity index is 2.89. The molecule has 3 nitrogen and oxygen atoms in total. The molecular weight excluding hydrogens is 387 g/mol. The molecule has 5 heteroatoms. The number of rotatable bonds is 3. The number of ether oxygens (including phenoxy) is 1. The molecule has 0 heterocycles. The summed E-state index contributed by atoms with van der Waals surface area (Å²) < 4.78 is 30.5. The molecule has 20 heavy (non-hydrogen) atoms. The molecule has 0 radical (unpaired) electrons. The minimum absolute atomic E-state index is 0.333. The third kappa shape index (κ3) is 2.83. The van der Waals surface area contributed by atoms with Crippen LogP contribution in [-0.2, 0) is 9.84 Å². The zero-order valence-corrected chi connectivity index (χ0v) is 14.4. The molecule has 0 aliphatic carbocycles. The second kappa shape index (κ2) is 5.73. The highest BCUT2D eigenvalue weighted by molar-refractivity contribution is 14.1. The predicted octanol–water partition coefficient (Wildman–Crippen LogP) is 3.68. The van der Waals surface area contributed by atoms with Crippen LogP contribution in [0.5, 0.6) is 5.75 Å². The topological polar surface area (TPSA) is 43.4 Å². The van der Waals surface area contributed by atoms with E-state index in [4.69, 9.17) is 4.74 Å². The fourth-order valence-corrected chi connectivity index (χ4v) is 3.55. The van der Waals surface area contributed by atoms with Crippen LogP contribution in [0, 0.1) is 10.5 Å². The molecule has 0 fully saturated rings. The molecule has 0 saturated carbocycles. The lowest BCUT2D eigenvalue weighted by Gasteiger charge is -2.16. The molecule has 0 aliphatic rings. The maximum absolute atomic E-state index is 12.0. The summed E-state index contributed by atoms with van der Waals surface area (Å²) in [6.07, 6.45) is 1.23. The van der Waals surface area contributed by atoms with E-state index in [2.05, 4.69) is 22.6 Å². The maximum atomic E-state index is 12.0. The van der Waals surface area contributed by atoms with Crippen molar-refractivity contribution < 1.29 is 13.2 Å². The molecule has 0 saturated heterocycles. The Morgan fingerprint density at radius 3 is 2.35 bits per heavy atom. The van der Waals surface area contributed by atoms with Crippen molar-refractivity contribution in [3.63, 3.8) is 0 Å². The van der Waals surface area contributed by atoms with E-state index in [1.54, 1.807) is 13.2 Å². The highest BCUT2D eigenvalue weighted by atomic mass is 127. The van der Waals surface area contributed by atoms with Crippen LogP contribution in [0.3, 0.4) is 0 Å². The van der Waals surface area contributed by atoms with E-state index in [-0.39, 0.29) is 0 Å². The van der Waals surface area contributed by atoms with Crippen molar-refractivity contribution in [2.24, 2.45) is 0 Å². The summed E-state index contributed by atoms with van der Waals surface area (Å²) in [5, 5.41) is 0. The summed E-state index contributed by atoms with van der Waals surface area (Å²) in [4.78, 5) is 0.333. The normalized spacial score (nSPS) is 11.4. The molecule has 0 aliphatic heterocycles. The number of sulfone groups is 1. The Bertz CT molecular complexity index is 752. The number of hydrogen-bond acceptors (Lipinski definition) is 3. The Morgan fingerprint density at radius 2 is 1.75 bits per heavy atom. The van der Waals surface area contributed by atoms with Gasteiger partial charge in [-0.05, 0) is 53.3 Å². The van der Waals surface area contributed by atoms with Gasteiger partial charge in [-0.3, -0.25) is 0 Å². The van der Waals surface area contributed by atoms with Gasteiger partial charge in [0, 0.05) is 21.0 Å². The second-order valence-corrected chi connectivity index (χ2v) is 7.66. The average Bonchev–Trinajstić information content (AvgIpc) is 2.40. The standard InChI is InChI=1S/C15H15IO3S/c1-10-12(16)8-9-14(20(3,17)18)15(10)11-6-4-5-7-13(11)19-2/h4-9H,1-3H3. The SMILES string of the molecule is COc1ccccc1-c1c(S(C)(=O)=O)ccc(I)c1C. The van der Waals surface area contributed by atoms with Gasteiger partial charge >= 0.3 is 0 Å².